The molecule has 6 aliphatic heterocycles. The molecule has 0 unspecified atom stereocenters. The van der Waals surface area contributed by atoms with E-state index in [0.29, 0.717) is 63.2 Å². The van der Waals surface area contributed by atoms with Crippen LogP contribution in [0.15, 0.2) is 121 Å². The molecular weight excluding hydrogens is 1110 g/mol. The minimum absolute atomic E-state index is 0. The number of rotatable bonds is 13. The zero-order valence-corrected chi connectivity index (χ0v) is 51.0. The van der Waals surface area contributed by atoms with Crippen molar-refractivity contribution in [3.8, 4) is 0 Å². The van der Waals surface area contributed by atoms with Gasteiger partial charge in [0.05, 0.1) is 45.7 Å². The van der Waals surface area contributed by atoms with Crippen LogP contribution in [0.4, 0.5) is 0 Å². The second-order valence-electron chi connectivity index (χ2n) is 23.0. The van der Waals surface area contributed by atoms with Gasteiger partial charge in [-0.15, -0.1) is 12.4 Å². The van der Waals surface area contributed by atoms with Crippen LogP contribution in [-0.2, 0) is 64.4 Å². The highest BCUT2D eigenvalue weighted by Gasteiger charge is 2.38. The Morgan fingerprint density at radius 2 is 0.765 bits per heavy atom. The molecule has 8 N–H and O–H groups in total. The van der Waals surface area contributed by atoms with E-state index in [1.165, 1.54) is 38.0 Å². The number of nitrogens with one attached hydrogen (secondary N) is 2. The fourth-order valence-electron chi connectivity index (χ4n) is 11.5. The topological polar surface area (TPSA) is 271 Å². The van der Waals surface area contributed by atoms with Gasteiger partial charge in [0.15, 0.2) is 0 Å². The molecule has 6 fully saturated rings. The molecule has 0 aliphatic carbocycles. The first-order chi connectivity index (χ1) is 40.2. The van der Waals surface area contributed by atoms with Crippen molar-refractivity contribution >= 4 is 42.3 Å². The van der Waals surface area contributed by atoms with Crippen molar-refractivity contribution in [2.45, 2.75) is 140 Å². The number of methoxy groups -OCH3 is 3. The Labute approximate surface area is 507 Å². The summed E-state index contributed by atoms with van der Waals surface area (Å²) >= 11 is 0. The molecule has 0 amide bonds. The number of carbonyl (C=O) groups is 5. The van der Waals surface area contributed by atoms with Gasteiger partial charge in [-0.05, 0) is 59.3 Å². The molecule has 6 aliphatic rings. The van der Waals surface area contributed by atoms with E-state index in [2.05, 4.69) is 87.2 Å². The lowest BCUT2D eigenvalue weighted by atomic mass is 9.97. The third-order valence-electron chi connectivity index (χ3n) is 15.5. The Bertz CT molecular complexity index is 2480. The van der Waals surface area contributed by atoms with Gasteiger partial charge in [0.25, 0.3) is 0 Å². The van der Waals surface area contributed by atoms with E-state index in [1.807, 2.05) is 89.8 Å². The predicted molar refractivity (Wildman–Crippen MR) is 325 cm³/mol. The van der Waals surface area contributed by atoms with Crippen LogP contribution in [0.5, 0.6) is 0 Å². The molecule has 0 spiro atoms. The average molecular weight is 1210 g/mol. The van der Waals surface area contributed by atoms with Crippen molar-refractivity contribution in [2.75, 3.05) is 67.1 Å². The molecule has 4 aromatic carbocycles. The number of aliphatic carboxylic acids is 2. The molecule has 0 aromatic heterocycles. The Balaban J connectivity index is 0.000000221. The number of ether oxygens (including phenoxy) is 3. The molecule has 20 nitrogen and oxygen atoms in total. The SMILES string of the molecule is COC(=O)[C@H]1C[C@@H](C)CN1Cc1ccccc1.COC(=O)[C@H]1C[C@@H](O)CN1.COC(=O)[C@H]1C[C@@H](O)CN1Cc1ccccc1.C[C@@H]1C[C@H](C(=O)O)N(Cc2ccccc2)C1.C[C@@H]1C[C@H](O)CN(Cc2ccccc2)C1.Cl.O=C(O)[C@H]1C[C@@H](O)CN1. The van der Waals surface area contributed by atoms with Crippen molar-refractivity contribution in [1.29, 1.82) is 0 Å². The summed E-state index contributed by atoms with van der Waals surface area (Å²) in [5, 5.41) is 60.1. The van der Waals surface area contributed by atoms with Gasteiger partial charge in [-0.2, -0.15) is 0 Å². The number of aliphatic hydroxyl groups is 4. The number of β-amino-alcohol motifs (C(OH)–C–C–N with tert-alkyl or cyclic N) is 4. The second-order valence-corrected chi connectivity index (χ2v) is 23.0. The fraction of sp³-hybridized carbons (Fsp3) is 0.547. The molecule has 470 valence electrons. The smallest absolute Gasteiger partial charge is 0.323 e. The van der Waals surface area contributed by atoms with E-state index in [4.69, 9.17) is 29.9 Å². The highest BCUT2D eigenvalue weighted by molar-refractivity contribution is 5.85. The number of aliphatic hydroxyl groups excluding tert-OH is 4. The second kappa shape index (κ2) is 37.6. The van der Waals surface area contributed by atoms with Gasteiger partial charge < -0.3 is 55.5 Å². The number of hydrogen-bond acceptors (Lipinski definition) is 18. The summed E-state index contributed by atoms with van der Waals surface area (Å²) in [7, 11) is 4.19. The van der Waals surface area contributed by atoms with Gasteiger partial charge in [0.1, 0.15) is 30.2 Å². The summed E-state index contributed by atoms with van der Waals surface area (Å²) in [4.78, 5) is 63.9. The molecular formula is C64H93ClN6O14. The lowest BCUT2D eigenvalue weighted by Crippen LogP contribution is -2.41. The van der Waals surface area contributed by atoms with E-state index >= 15 is 0 Å². The highest BCUT2D eigenvalue weighted by Crippen LogP contribution is 2.27. The summed E-state index contributed by atoms with van der Waals surface area (Å²) in [6.45, 7) is 14.9. The summed E-state index contributed by atoms with van der Waals surface area (Å²) in [6, 6.07) is 39.1. The first-order valence-corrected chi connectivity index (χ1v) is 29.2. The van der Waals surface area contributed by atoms with Crippen LogP contribution >= 0.6 is 12.4 Å². The van der Waals surface area contributed by atoms with Crippen LogP contribution in [0.1, 0.15) is 81.5 Å². The Kier molecular flexibility index (Phi) is 31.7. The molecule has 85 heavy (non-hydrogen) atoms. The van der Waals surface area contributed by atoms with Crippen molar-refractivity contribution in [3.05, 3.63) is 144 Å². The van der Waals surface area contributed by atoms with E-state index in [9.17, 15) is 34.2 Å². The normalized spacial score (nSPS) is 27.2. The molecule has 12 atom stereocenters. The van der Waals surface area contributed by atoms with Crippen molar-refractivity contribution < 1.29 is 68.8 Å². The minimum Gasteiger partial charge on any atom is -0.480 e. The van der Waals surface area contributed by atoms with Crippen molar-refractivity contribution in [1.82, 2.24) is 30.2 Å². The van der Waals surface area contributed by atoms with Gasteiger partial charge in [-0.25, -0.2) is 0 Å². The fourth-order valence-corrected chi connectivity index (χ4v) is 11.5. The van der Waals surface area contributed by atoms with Gasteiger partial charge in [0.2, 0.25) is 0 Å². The Hall–Kier alpha value is -5.88. The number of carbonyl (C=O) groups excluding carboxylic acids is 3. The van der Waals surface area contributed by atoms with E-state index in [1.54, 1.807) is 0 Å². The maximum atomic E-state index is 11.7. The van der Waals surface area contributed by atoms with Crippen LogP contribution in [0, 0.1) is 17.8 Å². The molecule has 21 heteroatoms. The number of carboxylic acid groups (broad SMARTS) is 2. The minimum atomic E-state index is -0.883. The number of likely N-dealkylation sites (tertiary alicyclic amines) is 4. The first kappa shape index (κ1) is 71.6. The predicted octanol–water partition coefficient (Wildman–Crippen LogP) is 4.83. The maximum Gasteiger partial charge on any atom is 0.323 e. The molecule has 0 saturated carbocycles. The van der Waals surface area contributed by atoms with Crippen LogP contribution in [0.2, 0.25) is 0 Å². The number of nitrogens with zero attached hydrogens (tertiary/aromatic N) is 4. The quantitative estimate of drug-likeness (QED) is 0.0658. The number of piperidine rings is 1. The number of halogens is 1. The maximum absolute atomic E-state index is 11.7. The van der Waals surface area contributed by atoms with Crippen LogP contribution in [-0.4, -0.2) is 202 Å². The number of benzene rings is 4. The summed E-state index contributed by atoms with van der Waals surface area (Å²) < 4.78 is 14.1. The number of hydrogen-bond donors (Lipinski definition) is 8. The third kappa shape index (κ3) is 25.2. The Morgan fingerprint density at radius 3 is 1.13 bits per heavy atom. The van der Waals surface area contributed by atoms with Crippen molar-refractivity contribution in [3.63, 3.8) is 0 Å². The van der Waals surface area contributed by atoms with Crippen molar-refractivity contribution in [2.24, 2.45) is 17.8 Å². The molecule has 0 radical (unpaired) electrons. The number of esters is 3. The Morgan fingerprint density at radius 1 is 0.412 bits per heavy atom. The highest BCUT2D eigenvalue weighted by atomic mass is 35.5. The summed E-state index contributed by atoms with van der Waals surface area (Å²) in [5.41, 5.74) is 4.90. The van der Waals surface area contributed by atoms with E-state index in [-0.39, 0.29) is 60.6 Å². The lowest BCUT2D eigenvalue weighted by Gasteiger charge is -2.34. The summed E-state index contributed by atoms with van der Waals surface area (Å²) in [6.07, 6.45) is 2.41. The largest absolute Gasteiger partial charge is 0.480 e. The van der Waals surface area contributed by atoms with Gasteiger partial charge in [-0.1, -0.05) is 142 Å². The monoisotopic (exact) mass is 1200 g/mol. The number of carboxylic acids is 2. The van der Waals surface area contributed by atoms with Crippen LogP contribution < -0.4 is 10.6 Å². The first-order valence-electron chi connectivity index (χ1n) is 29.2. The third-order valence-corrected chi connectivity index (χ3v) is 15.5. The summed E-state index contributed by atoms with van der Waals surface area (Å²) in [5.74, 6) is -0.601. The van der Waals surface area contributed by atoms with Gasteiger partial charge in [-0.3, -0.25) is 43.6 Å². The molecule has 10 rings (SSSR count). The van der Waals surface area contributed by atoms with Gasteiger partial charge >= 0.3 is 29.8 Å². The van der Waals surface area contributed by atoms with Crippen LogP contribution in [0.3, 0.4) is 0 Å². The van der Waals surface area contributed by atoms with E-state index in [0.717, 1.165) is 70.6 Å². The molecule has 4 aromatic rings. The lowest BCUT2D eigenvalue weighted by molar-refractivity contribution is -0.146. The van der Waals surface area contributed by atoms with E-state index < -0.39 is 36.3 Å². The average Bonchev–Trinajstić information content (AvgIpc) is 4.43. The zero-order valence-electron chi connectivity index (χ0n) is 50.1. The van der Waals surface area contributed by atoms with Crippen LogP contribution in [0.25, 0.3) is 0 Å². The standard InChI is InChI=1S/C14H19NO2.C13H17NO3.C13H17NO2.C13H19NO.C6H11NO3.C5H9NO3.ClH/c1-11-8-13(14(16)17-2)15(9-11)10-12-6-4-3-5-7-12;1-17-13(16)12-7-11(15)9-14(12)8-10-5-3-2-4-6-10;1-10-7-12(13(15)16)14(8-10)9-11-5-3-2-4-6-11;1-11-7-13(15)10-14(8-11)9-12-5-3-2-4-6-12;1-10-6(9)5-2-4(8)3-7-5;7-3-1-4(5(8)9)6-2-3;/h3-7,11,13H,8-10H2,1-2H3;2-6,11-12,15H,7-9H2,1H3;2-6,10,12H,7-9H2,1H3,(H,15,16);2-6,11,13,15H,7-10H2,1H3;4-5,7-8H,2-3H2,1H3;3-4,6-7H,1-2H2,(H,8,9);1H/t11-,13-;11-,12-;10-,12-;11-,13+;4-,5-;3-,4-;/m111111./s1. The molecule has 6 saturated heterocycles. The molecule has 0 bridgehead atoms. The van der Waals surface area contributed by atoms with Gasteiger partial charge in [0, 0.05) is 91.3 Å². The zero-order chi connectivity index (χ0) is 61.1. The molecule has 6 heterocycles.